The van der Waals surface area contributed by atoms with Crippen molar-refractivity contribution in [2.45, 2.75) is 31.2 Å². The third-order valence-electron chi connectivity index (χ3n) is 5.06. The maximum atomic E-state index is 12.4. The van der Waals surface area contributed by atoms with Crippen LogP contribution in [0, 0.1) is 0 Å². The summed E-state index contributed by atoms with van der Waals surface area (Å²) in [5.74, 6) is -0.499. The molecule has 3 N–H and O–H groups in total. The fourth-order valence-corrected chi connectivity index (χ4v) is 4.64. The molecule has 136 valence electrons. The summed E-state index contributed by atoms with van der Waals surface area (Å²) in [5.41, 5.74) is 0.393. The van der Waals surface area contributed by atoms with Gasteiger partial charge in [0.15, 0.2) is 9.84 Å². The fourth-order valence-electron chi connectivity index (χ4n) is 3.41. The SMILES string of the molecule is O=C(N[C@@H]1C=CS(=O)(=O)C1)c1cc2ccc(C3CCC3)c(O)c2[nH]c1=O. The molecule has 4 rings (SSSR count). The number of pyridine rings is 1. The zero-order valence-electron chi connectivity index (χ0n) is 13.9. The number of phenols is 1. The second kappa shape index (κ2) is 5.98. The first-order valence-electron chi connectivity index (χ1n) is 8.45. The van der Waals surface area contributed by atoms with Crippen molar-refractivity contribution < 1.29 is 18.3 Å². The molecule has 1 amide bonds. The third kappa shape index (κ3) is 2.90. The van der Waals surface area contributed by atoms with Crippen molar-refractivity contribution in [3.05, 3.63) is 51.2 Å². The molecule has 8 heteroatoms. The zero-order valence-corrected chi connectivity index (χ0v) is 14.7. The van der Waals surface area contributed by atoms with E-state index in [0.717, 1.165) is 30.2 Å². The molecule has 1 fully saturated rings. The summed E-state index contributed by atoms with van der Waals surface area (Å²) in [6.07, 6.45) is 4.55. The maximum absolute atomic E-state index is 12.4. The lowest BCUT2D eigenvalue weighted by Crippen LogP contribution is -2.38. The van der Waals surface area contributed by atoms with Crippen LogP contribution in [0.1, 0.15) is 41.1 Å². The van der Waals surface area contributed by atoms with Gasteiger partial charge in [0.2, 0.25) is 0 Å². The Morgan fingerprint density at radius 3 is 2.65 bits per heavy atom. The molecule has 0 spiro atoms. The third-order valence-corrected chi connectivity index (χ3v) is 6.46. The van der Waals surface area contributed by atoms with Gasteiger partial charge in [0.05, 0.1) is 17.3 Å². The van der Waals surface area contributed by atoms with Crippen molar-refractivity contribution in [3.8, 4) is 5.75 Å². The van der Waals surface area contributed by atoms with Crippen LogP contribution in [0.4, 0.5) is 0 Å². The number of phenolic OH excluding ortho intramolecular Hbond substituents is 1. The standard InChI is InChI=1S/C18H18N2O5S/c21-16-13(10-2-1-3-10)5-4-11-8-14(18(23)20-15(11)16)17(22)19-12-6-7-26(24,25)9-12/h4-8,10,12,21H,1-3,9H2,(H,19,22)(H,20,23)/t12-/m1/s1. The second-order valence-electron chi connectivity index (χ2n) is 6.85. The van der Waals surface area contributed by atoms with E-state index in [4.69, 9.17) is 0 Å². The first-order valence-corrected chi connectivity index (χ1v) is 10.2. The summed E-state index contributed by atoms with van der Waals surface area (Å²) >= 11 is 0. The Hall–Kier alpha value is -2.61. The number of rotatable bonds is 3. The van der Waals surface area contributed by atoms with Crippen molar-refractivity contribution >= 4 is 26.6 Å². The van der Waals surface area contributed by atoms with Gasteiger partial charge in [-0.3, -0.25) is 9.59 Å². The summed E-state index contributed by atoms with van der Waals surface area (Å²) in [5, 5.41) is 14.6. The first-order chi connectivity index (χ1) is 12.3. The van der Waals surface area contributed by atoms with Crippen LogP contribution in [-0.2, 0) is 9.84 Å². The van der Waals surface area contributed by atoms with Gasteiger partial charge >= 0.3 is 0 Å². The van der Waals surface area contributed by atoms with Crippen molar-refractivity contribution in [2.24, 2.45) is 0 Å². The number of sulfone groups is 1. The Bertz CT molecular complexity index is 1100. The number of aromatic hydroxyl groups is 1. The summed E-state index contributed by atoms with van der Waals surface area (Å²) in [4.78, 5) is 27.3. The quantitative estimate of drug-likeness (QED) is 0.754. The zero-order chi connectivity index (χ0) is 18.5. The van der Waals surface area contributed by atoms with Gasteiger partial charge in [-0.05, 0) is 36.5 Å². The highest BCUT2D eigenvalue weighted by atomic mass is 32.2. The van der Waals surface area contributed by atoms with Crippen LogP contribution in [0.25, 0.3) is 10.9 Å². The van der Waals surface area contributed by atoms with Gasteiger partial charge in [0.1, 0.15) is 11.3 Å². The average molecular weight is 374 g/mol. The minimum Gasteiger partial charge on any atom is -0.505 e. The lowest BCUT2D eigenvalue weighted by molar-refractivity contribution is 0.0946. The minimum absolute atomic E-state index is 0.0566. The van der Waals surface area contributed by atoms with Crippen LogP contribution < -0.4 is 10.9 Å². The van der Waals surface area contributed by atoms with E-state index in [0.29, 0.717) is 16.8 Å². The Morgan fingerprint density at radius 1 is 1.27 bits per heavy atom. The molecular weight excluding hydrogens is 356 g/mol. The fraction of sp³-hybridized carbons (Fsp3) is 0.333. The number of hydrogen-bond donors (Lipinski definition) is 3. The molecule has 1 aliphatic heterocycles. The van der Waals surface area contributed by atoms with E-state index < -0.39 is 27.3 Å². The predicted octanol–water partition coefficient (Wildman–Crippen LogP) is 1.54. The molecule has 7 nitrogen and oxygen atoms in total. The van der Waals surface area contributed by atoms with Gasteiger partial charge in [-0.2, -0.15) is 0 Å². The van der Waals surface area contributed by atoms with Gasteiger partial charge in [0, 0.05) is 10.8 Å². The number of aromatic amines is 1. The molecule has 0 unspecified atom stereocenters. The van der Waals surface area contributed by atoms with E-state index >= 15 is 0 Å². The van der Waals surface area contributed by atoms with Gasteiger partial charge in [-0.15, -0.1) is 0 Å². The second-order valence-corrected chi connectivity index (χ2v) is 8.78. The van der Waals surface area contributed by atoms with Crippen molar-refractivity contribution in [1.82, 2.24) is 10.3 Å². The Morgan fingerprint density at radius 2 is 2.04 bits per heavy atom. The number of aromatic nitrogens is 1. The summed E-state index contributed by atoms with van der Waals surface area (Å²) in [7, 11) is -3.30. The molecular formula is C18H18N2O5S. The molecule has 1 aromatic heterocycles. The number of amides is 1. The average Bonchev–Trinajstić information content (AvgIpc) is 2.87. The highest BCUT2D eigenvalue weighted by Crippen LogP contribution is 2.42. The van der Waals surface area contributed by atoms with E-state index in [2.05, 4.69) is 10.3 Å². The number of hydrogen-bond acceptors (Lipinski definition) is 5. The highest BCUT2D eigenvalue weighted by molar-refractivity contribution is 7.94. The van der Waals surface area contributed by atoms with Crippen LogP contribution in [0.3, 0.4) is 0 Å². The van der Waals surface area contributed by atoms with E-state index in [1.54, 1.807) is 6.07 Å². The number of H-pyrrole nitrogens is 1. The maximum Gasteiger partial charge on any atom is 0.261 e. The molecule has 1 aromatic carbocycles. The number of benzene rings is 1. The predicted molar refractivity (Wildman–Crippen MR) is 97.0 cm³/mol. The Labute approximate surface area is 149 Å². The number of carbonyl (C=O) groups excluding carboxylic acids is 1. The largest absolute Gasteiger partial charge is 0.505 e. The molecule has 0 saturated heterocycles. The molecule has 0 radical (unpaired) electrons. The summed E-state index contributed by atoms with van der Waals surface area (Å²) in [6.45, 7) is 0. The molecule has 26 heavy (non-hydrogen) atoms. The summed E-state index contributed by atoms with van der Waals surface area (Å²) in [6, 6.07) is 4.36. The minimum atomic E-state index is -3.30. The monoisotopic (exact) mass is 374 g/mol. The normalized spacial score (nSPS) is 21.6. The van der Waals surface area contributed by atoms with Gasteiger partial charge < -0.3 is 15.4 Å². The van der Waals surface area contributed by atoms with E-state index in [9.17, 15) is 23.1 Å². The van der Waals surface area contributed by atoms with E-state index in [1.807, 2.05) is 6.07 Å². The molecule has 2 aromatic rings. The van der Waals surface area contributed by atoms with E-state index in [-0.39, 0.29) is 17.1 Å². The van der Waals surface area contributed by atoms with Crippen LogP contribution in [-0.4, -0.2) is 36.2 Å². The van der Waals surface area contributed by atoms with Crippen molar-refractivity contribution in [1.29, 1.82) is 0 Å². The molecule has 2 heterocycles. The molecule has 0 bridgehead atoms. The number of fused-ring (bicyclic) bond motifs is 1. The van der Waals surface area contributed by atoms with Gasteiger partial charge in [-0.1, -0.05) is 18.6 Å². The van der Waals surface area contributed by atoms with Crippen molar-refractivity contribution in [2.75, 3.05) is 5.75 Å². The number of carbonyl (C=O) groups is 1. The van der Waals surface area contributed by atoms with Gasteiger partial charge in [0.25, 0.3) is 11.5 Å². The topological polar surface area (TPSA) is 116 Å². The smallest absolute Gasteiger partial charge is 0.261 e. The van der Waals surface area contributed by atoms with E-state index in [1.165, 1.54) is 12.1 Å². The van der Waals surface area contributed by atoms with Crippen LogP contribution in [0.2, 0.25) is 0 Å². The van der Waals surface area contributed by atoms with Gasteiger partial charge in [-0.25, -0.2) is 8.42 Å². The Balaban J connectivity index is 1.66. The molecule has 1 atom stereocenters. The molecule has 2 aliphatic rings. The lowest BCUT2D eigenvalue weighted by Gasteiger charge is -2.26. The highest BCUT2D eigenvalue weighted by Gasteiger charge is 2.26. The van der Waals surface area contributed by atoms with Crippen LogP contribution in [0.15, 0.2) is 34.5 Å². The number of nitrogens with one attached hydrogen (secondary N) is 2. The van der Waals surface area contributed by atoms with Crippen molar-refractivity contribution in [3.63, 3.8) is 0 Å². The lowest BCUT2D eigenvalue weighted by atomic mass is 9.79. The van der Waals surface area contributed by atoms with Crippen LogP contribution in [0.5, 0.6) is 5.75 Å². The molecule has 1 aliphatic carbocycles. The van der Waals surface area contributed by atoms with Crippen LogP contribution >= 0.6 is 0 Å². The summed E-state index contributed by atoms with van der Waals surface area (Å²) < 4.78 is 22.8. The Kier molecular flexibility index (Phi) is 3.87. The first kappa shape index (κ1) is 16.8. The molecule has 1 saturated carbocycles.